The average molecular weight is 283 g/mol. The number of hydrogen-bond acceptors (Lipinski definition) is 5. The van der Waals surface area contributed by atoms with Gasteiger partial charge in [-0.2, -0.15) is 5.26 Å². The van der Waals surface area contributed by atoms with Gasteiger partial charge in [0.25, 0.3) is 0 Å². The van der Waals surface area contributed by atoms with Crippen LogP contribution in [0.3, 0.4) is 0 Å². The highest BCUT2D eigenvalue weighted by molar-refractivity contribution is 7.11. The minimum Gasteiger partial charge on any atom is -0.369 e. The lowest BCUT2D eigenvalue weighted by Gasteiger charge is -2.32. The summed E-state index contributed by atoms with van der Waals surface area (Å²) in [5, 5.41) is 10.9. The lowest BCUT2D eigenvalue weighted by atomic mass is 9.94. The molecular weight excluding hydrogens is 272 g/mol. The van der Waals surface area contributed by atoms with Crippen LogP contribution in [0, 0.1) is 11.3 Å². The first-order chi connectivity index (χ1) is 8.39. The molecule has 0 saturated carbocycles. The van der Waals surface area contributed by atoms with Gasteiger partial charge < -0.3 is 5.73 Å². The number of thiophene rings is 1. The van der Waals surface area contributed by atoms with Crippen LogP contribution in [0.25, 0.3) is 0 Å². The van der Waals surface area contributed by atoms with Crippen molar-refractivity contribution in [2.45, 2.75) is 18.9 Å². The minimum absolute atomic E-state index is 0.118. The van der Waals surface area contributed by atoms with E-state index in [0.717, 1.165) is 0 Å². The van der Waals surface area contributed by atoms with Gasteiger partial charge in [-0.05, 0) is 6.92 Å². The van der Waals surface area contributed by atoms with Gasteiger partial charge >= 0.3 is 0 Å². The molecule has 1 amide bonds. The van der Waals surface area contributed by atoms with Crippen LogP contribution >= 0.6 is 22.9 Å². The van der Waals surface area contributed by atoms with Gasteiger partial charge in [-0.3, -0.25) is 9.69 Å². The van der Waals surface area contributed by atoms with Crippen LogP contribution in [0.4, 0.5) is 0 Å². The maximum atomic E-state index is 11.8. The van der Waals surface area contributed by atoms with E-state index in [1.54, 1.807) is 19.4 Å². The molecule has 0 aliphatic carbocycles. The fourth-order valence-electron chi connectivity index (χ4n) is 1.82. The fourth-order valence-corrected chi connectivity index (χ4v) is 3.31. The zero-order valence-corrected chi connectivity index (χ0v) is 11.5. The van der Waals surface area contributed by atoms with Gasteiger partial charge in [-0.15, -0.1) is 11.3 Å². The van der Waals surface area contributed by atoms with E-state index in [1.807, 2.05) is 6.07 Å². The van der Waals surface area contributed by atoms with Gasteiger partial charge in [0.05, 0.1) is 21.9 Å². The van der Waals surface area contributed by atoms with E-state index < -0.39 is 5.54 Å². The first-order valence-electron chi connectivity index (χ1n) is 5.18. The molecule has 2 N–H and O–H groups in total. The zero-order valence-electron chi connectivity index (χ0n) is 9.90. The Morgan fingerprint density at radius 3 is 2.89 bits per heavy atom. The van der Waals surface area contributed by atoms with Crippen LogP contribution in [0.15, 0.2) is 10.4 Å². The molecule has 94 valence electrons. The van der Waals surface area contributed by atoms with Crippen LogP contribution in [-0.2, 0) is 10.3 Å². The van der Waals surface area contributed by atoms with Crippen molar-refractivity contribution in [3.05, 3.63) is 20.8 Å². The lowest BCUT2D eigenvalue weighted by Crippen LogP contribution is -2.47. The number of guanidine groups is 1. The molecule has 0 bridgehead atoms. The van der Waals surface area contributed by atoms with Crippen LogP contribution in [-0.4, -0.2) is 23.8 Å². The average Bonchev–Trinajstić information content (AvgIpc) is 2.68. The molecule has 1 aromatic rings. The summed E-state index contributed by atoms with van der Waals surface area (Å²) in [4.78, 5) is 18.2. The third kappa shape index (κ3) is 1.85. The highest BCUT2D eigenvalue weighted by Gasteiger charge is 2.39. The van der Waals surface area contributed by atoms with Crippen molar-refractivity contribution in [2.75, 3.05) is 7.05 Å². The van der Waals surface area contributed by atoms with Gasteiger partial charge in [0.15, 0.2) is 5.96 Å². The molecule has 0 saturated heterocycles. The van der Waals surface area contributed by atoms with E-state index in [4.69, 9.17) is 22.6 Å². The molecule has 1 unspecified atom stereocenters. The number of nitrogens with two attached hydrogens (primary N) is 1. The molecule has 1 aromatic heterocycles. The molecule has 7 heteroatoms. The standard InChI is InChI=1S/C11H11ClN4OS/c1-11(3-7(17)16(2)10(14)15-11)9-8(12)6(4-13)5-18-9/h5H,3H2,1-2H3,(H2,14,15). The molecule has 18 heavy (non-hydrogen) atoms. The monoisotopic (exact) mass is 282 g/mol. The first kappa shape index (κ1) is 12.9. The van der Waals surface area contributed by atoms with Crippen molar-refractivity contribution < 1.29 is 4.79 Å². The Hall–Kier alpha value is -1.58. The Bertz CT molecular complexity index is 588. The fraction of sp³-hybridized carbons (Fsp3) is 0.364. The van der Waals surface area contributed by atoms with E-state index in [-0.39, 0.29) is 18.3 Å². The van der Waals surface area contributed by atoms with Gasteiger partial charge in [0.2, 0.25) is 5.91 Å². The molecule has 0 fully saturated rings. The van der Waals surface area contributed by atoms with Crippen LogP contribution in [0.5, 0.6) is 0 Å². The van der Waals surface area contributed by atoms with E-state index in [9.17, 15) is 4.79 Å². The Balaban J connectivity index is 2.53. The predicted octanol–water partition coefficient (Wildman–Crippen LogP) is 1.67. The summed E-state index contributed by atoms with van der Waals surface area (Å²) in [6.07, 6.45) is 0.190. The molecule has 1 aliphatic heterocycles. The number of halogens is 1. The number of aliphatic imine (C=N–C) groups is 1. The zero-order chi connectivity index (χ0) is 13.5. The number of rotatable bonds is 1. The maximum absolute atomic E-state index is 11.8. The molecule has 1 atom stereocenters. The second-order valence-corrected chi connectivity index (χ2v) is 5.54. The van der Waals surface area contributed by atoms with Crippen LogP contribution in [0.2, 0.25) is 5.02 Å². The van der Waals surface area contributed by atoms with Crippen molar-refractivity contribution in [3.8, 4) is 6.07 Å². The van der Waals surface area contributed by atoms with Crippen molar-refractivity contribution in [2.24, 2.45) is 10.7 Å². The van der Waals surface area contributed by atoms with Crippen LogP contribution < -0.4 is 5.73 Å². The Morgan fingerprint density at radius 2 is 2.39 bits per heavy atom. The van der Waals surface area contributed by atoms with Crippen molar-refractivity contribution >= 4 is 34.8 Å². The van der Waals surface area contributed by atoms with Gasteiger partial charge in [0, 0.05) is 12.4 Å². The molecule has 0 radical (unpaired) electrons. The number of amides is 1. The summed E-state index contributed by atoms with van der Waals surface area (Å²) in [6.45, 7) is 1.80. The van der Waals surface area contributed by atoms with E-state index >= 15 is 0 Å². The summed E-state index contributed by atoms with van der Waals surface area (Å²) in [6, 6.07) is 2.01. The third-order valence-corrected chi connectivity index (χ3v) is 4.65. The third-order valence-electron chi connectivity index (χ3n) is 2.91. The Labute approximate surface area is 113 Å². The number of nitrogens with zero attached hydrogens (tertiary/aromatic N) is 3. The Kier molecular flexibility index (Phi) is 3.05. The SMILES string of the molecule is CN1C(=O)CC(C)(c2scc(C#N)c2Cl)N=C1N. The number of hydrogen-bond donors (Lipinski definition) is 1. The summed E-state index contributed by atoms with van der Waals surface area (Å²) >= 11 is 7.46. The van der Waals surface area contributed by atoms with Crippen molar-refractivity contribution in [1.82, 2.24) is 4.90 Å². The van der Waals surface area contributed by atoms with Gasteiger partial charge in [-0.1, -0.05) is 11.6 Å². The van der Waals surface area contributed by atoms with Crippen LogP contribution in [0.1, 0.15) is 23.8 Å². The molecular formula is C11H11ClN4OS. The molecule has 5 nitrogen and oxygen atoms in total. The second-order valence-electron chi connectivity index (χ2n) is 4.28. The molecule has 2 rings (SSSR count). The quantitative estimate of drug-likeness (QED) is 0.850. The molecule has 0 aromatic carbocycles. The normalized spacial score (nSPS) is 23.8. The number of carbonyl (C=O) groups is 1. The molecule has 1 aliphatic rings. The highest BCUT2D eigenvalue weighted by atomic mass is 35.5. The van der Waals surface area contributed by atoms with E-state index in [0.29, 0.717) is 15.5 Å². The maximum Gasteiger partial charge on any atom is 0.231 e. The number of carbonyl (C=O) groups excluding carboxylic acids is 1. The van der Waals surface area contributed by atoms with Crippen molar-refractivity contribution in [3.63, 3.8) is 0 Å². The van der Waals surface area contributed by atoms with Gasteiger partial charge in [-0.25, -0.2) is 4.99 Å². The largest absolute Gasteiger partial charge is 0.369 e. The Morgan fingerprint density at radius 1 is 1.72 bits per heavy atom. The minimum atomic E-state index is -0.787. The van der Waals surface area contributed by atoms with Crippen molar-refractivity contribution in [1.29, 1.82) is 5.26 Å². The summed E-state index contributed by atoms with van der Waals surface area (Å²) in [5.41, 5.74) is 5.34. The van der Waals surface area contributed by atoms with Gasteiger partial charge in [0.1, 0.15) is 11.6 Å². The first-order valence-corrected chi connectivity index (χ1v) is 6.44. The van der Waals surface area contributed by atoms with E-state index in [2.05, 4.69) is 4.99 Å². The summed E-state index contributed by atoms with van der Waals surface area (Å²) in [7, 11) is 1.58. The lowest BCUT2D eigenvalue weighted by molar-refractivity contribution is -0.128. The highest BCUT2D eigenvalue weighted by Crippen LogP contribution is 2.42. The number of nitriles is 1. The molecule has 2 heterocycles. The summed E-state index contributed by atoms with van der Waals surface area (Å²) in [5.74, 6) is 0.0460. The van der Waals surface area contributed by atoms with E-state index in [1.165, 1.54) is 16.2 Å². The topological polar surface area (TPSA) is 82.5 Å². The predicted molar refractivity (Wildman–Crippen MR) is 70.4 cm³/mol. The second kappa shape index (κ2) is 4.26. The summed E-state index contributed by atoms with van der Waals surface area (Å²) < 4.78 is 0. The molecule has 0 spiro atoms. The smallest absolute Gasteiger partial charge is 0.231 e.